The number of hydrogen-bond acceptors (Lipinski definition) is 6. The minimum atomic E-state index is -4.53. The molecule has 1 fully saturated rings. The fourth-order valence-electron chi connectivity index (χ4n) is 2.88. The van der Waals surface area contributed by atoms with Gasteiger partial charge in [0, 0.05) is 24.8 Å². The van der Waals surface area contributed by atoms with E-state index in [9.17, 15) is 31.5 Å². The number of morpholine rings is 1. The Morgan fingerprint density at radius 1 is 1.40 bits per heavy atom. The Hall–Kier alpha value is -2.51. The van der Waals surface area contributed by atoms with E-state index in [0.29, 0.717) is 0 Å². The summed E-state index contributed by atoms with van der Waals surface area (Å²) in [6.07, 6.45) is -4.53. The summed E-state index contributed by atoms with van der Waals surface area (Å²) in [6, 6.07) is 2.34. The molecule has 30 heavy (non-hydrogen) atoms. The molecule has 1 heterocycles. The molecule has 1 aliphatic heterocycles. The number of amides is 2. The zero-order valence-corrected chi connectivity index (χ0v) is 15.9. The summed E-state index contributed by atoms with van der Waals surface area (Å²) < 4.78 is 72.9. The minimum Gasteiger partial charge on any atom is -0.433 e. The van der Waals surface area contributed by atoms with Crippen molar-refractivity contribution in [1.29, 1.82) is 0 Å². The smallest absolute Gasteiger partial charge is 0.401 e. The van der Waals surface area contributed by atoms with Crippen molar-refractivity contribution in [2.45, 2.75) is 18.8 Å². The first-order valence-electron chi connectivity index (χ1n) is 8.76. The molecule has 1 aromatic rings. The van der Waals surface area contributed by atoms with Crippen molar-refractivity contribution in [2.24, 2.45) is 5.73 Å². The molecule has 0 bridgehead atoms. The van der Waals surface area contributed by atoms with Gasteiger partial charge in [-0.05, 0) is 19.2 Å². The van der Waals surface area contributed by atoms with Crippen LogP contribution in [0, 0.1) is 0 Å². The minimum absolute atomic E-state index is 0.0148. The molecular formula is C17H21F5N4O4. The first-order valence-corrected chi connectivity index (χ1v) is 8.76. The van der Waals surface area contributed by atoms with Crippen LogP contribution in [-0.4, -0.2) is 75.4 Å². The van der Waals surface area contributed by atoms with Gasteiger partial charge in [-0.15, -0.1) is 0 Å². The SMILES string of the molecule is CN(CC(F)(F)F)[C@@H](CN)C(=O)Nc1ccc(N2CCOCC2=O)c(OC(F)F)c1. The molecule has 8 nitrogen and oxygen atoms in total. The number of hydrogen-bond donors (Lipinski definition) is 2. The Kier molecular flexibility index (Phi) is 7.92. The van der Waals surface area contributed by atoms with Gasteiger partial charge in [0.1, 0.15) is 12.6 Å². The second-order valence-corrected chi connectivity index (χ2v) is 6.43. The summed E-state index contributed by atoms with van der Waals surface area (Å²) in [7, 11) is 1.09. The molecule has 0 radical (unpaired) electrons. The normalized spacial score (nSPS) is 16.2. The van der Waals surface area contributed by atoms with Gasteiger partial charge in [-0.25, -0.2) is 0 Å². The molecule has 0 aromatic heterocycles. The third-order valence-electron chi connectivity index (χ3n) is 4.21. The Balaban J connectivity index is 2.22. The highest BCUT2D eigenvalue weighted by Crippen LogP contribution is 2.33. The van der Waals surface area contributed by atoms with E-state index >= 15 is 0 Å². The van der Waals surface area contributed by atoms with Crippen LogP contribution in [0.1, 0.15) is 0 Å². The molecule has 2 rings (SSSR count). The van der Waals surface area contributed by atoms with Crippen LogP contribution in [0.15, 0.2) is 18.2 Å². The number of benzene rings is 1. The number of alkyl halides is 5. The van der Waals surface area contributed by atoms with Gasteiger partial charge in [-0.1, -0.05) is 0 Å². The number of ether oxygens (including phenoxy) is 2. The number of carbonyl (C=O) groups is 2. The highest BCUT2D eigenvalue weighted by Gasteiger charge is 2.34. The summed E-state index contributed by atoms with van der Waals surface area (Å²) >= 11 is 0. The van der Waals surface area contributed by atoms with E-state index in [0.717, 1.165) is 18.0 Å². The van der Waals surface area contributed by atoms with Gasteiger partial charge >= 0.3 is 12.8 Å². The summed E-state index contributed by atoms with van der Waals surface area (Å²) in [4.78, 5) is 26.3. The van der Waals surface area contributed by atoms with E-state index in [-0.39, 0.29) is 36.9 Å². The molecule has 0 saturated carbocycles. The molecule has 0 aliphatic carbocycles. The summed E-state index contributed by atoms with van der Waals surface area (Å²) in [5, 5.41) is 2.33. The van der Waals surface area contributed by atoms with Gasteiger partial charge in [0.2, 0.25) is 5.91 Å². The molecular weight excluding hydrogens is 419 g/mol. The van der Waals surface area contributed by atoms with Gasteiger partial charge in [-0.2, -0.15) is 22.0 Å². The van der Waals surface area contributed by atoms with E-state index < -0.39 is 43.7 Å². The van der Waals surface area contributed by atoms with E-state index in [1.165, 1.54) is 17.0 Å². The Morgan fingerprint density at radius 2 is 2.10 bits per heavy atom. The van der Waals surface area contributed by atoms with E-state index in [1.807, 2.05) is 0 Å². The van der Waals surface area contributed by atoms with Crippen molar-refractivity contribution in [1.82, 2.24) is 4.90 Å². The fourth-order valence-corrected chi connectivity index (χ4v) is 2.88. The Bertz CT molecular complexity index is 762. The summed E-state index contributed by atoms with van der Waals surface area (Å²) in [5.74, 6) is -1.71. The molecule has 1 aliphatic rings. The van der Waals surface area contributed by atoms with Gasteiger partial charge in [-0.3, -0.25) is 14.5 Å². The van der Waals surface area contributed by atoms with Crippen LogP contribution in [0.5, 0.6) is 5.75 Å². The number of nitrogens with one attached hydrogen (secondary N) is 1. The van der Waals surface area contributed by atoms with Crippen molar-refractivity contribution < 1.29 is 41.0 Å². The van der Waals surface area contributed by atoms with Crippen molar-refractivity contribution in [3.63, 3.8) is 0 Å². The molecule has 168 valence electrons. The standard InChI is InChI=1S/C17H21F5N4O4/c1-25(9-17(20,21)22)12(7-23)15(28)24-10-2-3-11(13(6-10)30-16(18)19)26-4-5-29-8-14(26)27/h2-3,6,12,16H,4-5,7-9,23H2,1H3,(H,24,28)/t12-/m0/s1. The topological polar surface area (TPSA) is 97.1 Å². The highest BCUT2D eigenvalue weighted by molar-refractivity contribution is 5.98. The second kappa shape index (κ2) is 10.00. The molecule has 3 N–H and O–H groups in total. The Labute approximate surface area is 168 Å². The maximum absolute atomic E-state index is 12.8. The second-order valence-electron chi connectivity index (χ2n) is 6.43. The van der Waals surface area contributed by atoms with Crippen molar-refractivity contribution in [3.05, 3.63) is 18.2 Å². The van der Waals surface area contributed by atoms with E-state index in [4.69, 9.17) is 10.5 Å². The fraction of sp³-hybridized carbons (Fsp3) is 0.529. The first-order chi connectivity index (χ1) is 14.0. The largest absolute Gasteiger partial charge is 0.433 e. The molecule has 1 saturated heterocycles. The maximum atomic E-state index is 12.8. The first kappa shape index (κ1) is 23.8. The average molecular weight is 440 g/mol. The van der Waals surface area contributed by atoms with Gasteiger partial charge < -0.3 is 25.4 Å². The number of carbonyl (C=O) groups excluding carboxylic acids is 2. The zero-order valence-electron chi connectivity index (χ0n) is 15.9. The number of nitrogens with two attached hydrogens (primary N) is 1. The third kappa shape index (κ3) is 6.50. The average Bonchev–Trinajstić information content (AvgIpc) is 2.61. The van der Waals surface area contributed by atoms with Crippen LogP contribution in [0.2, 0.25) is 0 Å². The highest BCUT2D eigenvalue weighted by atomic mass is 19.4. The lowest BCUT2D eigenvalue weighted by molar-refractivity contribution is -0.150. The summed E-state index contributed by atoms with van der Waals surface area (Å²) in [6.45, 7) is -4.89. The van der Waals surface area contributed by atoms with Crippen LogP contribution < -0.4 is 20.7 Å². The monoisotopic (exact) mass is 440 g/mol. The van der Waals surface area contributed by atoms with Crippen LogP contribution >= 0.6 is 0 Å². The quantitative estimate of drug-likeness (QED) is 0.594. The van der Waals surface area contributed by atoms with Crippen molar-refractivity contribution >= 4 is 23.2 Å². The molecule has 1 aromatic carbocycles. The number of halogens is 5. The molecule has 1 atom stereocenters. The predicted octanol–water partition coefficient (Wildman–Crippen LogP) is 1.41. The summed E-state index contributed by atoms with van der Waals surface area (Å²) in [5.41, 5.74) is 5.46. The lowest BCUT2D eigenvalue weighted by Gasteiger charge is -2.29. The van der Waals surface area contributed by atoms with Gasteiger partial charge in [0.05, 0.1) is 18.8 Å². The van der Waals surface area contributed by atoms with E-state index in [1.54, 1.807) is 0 Å². The van der Waals surface area contributed by atoms with Gasteiger partial charge in [0.15, 0.2) is 5.75 Å². The lowest BCUT2D eigenvalue weighted by atomic mass is 10.2. The number of rotatable bonds is 8. The molecule has 0 spiro atoms. The maximum Gasteiger partial charge on any atom is 0.401 e. The van der Waals surface area contributed by atoms with Crippen LogP contribution in [-0.2, 0) is 14.3 Å². The van der Waals surface area contributed by atoms with Crippen LogP contribution in [0.4, 0.5) is 33.3 Å². The van der Waals surface area contributed by atoms with Crippen molar-refractivity contribution in [3.8, 4) is 5.75 Å². The molecule has 13 heteroatoms. The predicted molar refractivity (Wildman–Crippen MR) is 96.4 cm³/mol. The number of anilines is 2. The van der Waals surface area contributed by atoms with Crippen LogP contribution in [0.25, 0.3) is 0 Å². The van der Waals surface area contributed by atoms with Crippen LogP contribution in [0.3, 0.4) is 0 Å². The van der Waals surface area contributed by atoms with Gasteiger partial charge in [0.25, 0.3) is 5.91 Å². The van der Waals surface area contributed by atoms with E-state index in [2.05, 4.69) is 10.1 Å². The number of nitrogens with zero attached hydrogens (tertiary/aromatic N) is 2. The van der Waals surface area contributed by atoms with Crippen molar-refractivity contribution in [2.75, 3.05) is 50.1 Å². The molecule has 0 unspecified atom stereocenters. The number of likely N-dealkylation sites (N-methyl/N-ethyl adjacent to an activating group) is 1. The Morgan fingerprint density at radius 3 is 2.67 bits per heavy atom. The zero-order chi connectivity index (χ0) is 22.5. The third-order valence-corrected chi connectivity index (χ3v) is 4.21. The molecule has 2 amide bonds. The lowest BCUT2D eigenvalue weighted by Crippen LogP contribution is -2.49.